The summed E-state index contributed by atoms with van der Waals surface area (Å²) in [7, 11) is -1.91. The Kier molecular flexibility index (Phi) is 7.30. The van der Waals surface area contributed by atoms with Crippen molar-refractivity contribution in [1.82, 2.24) is 4.57 Å². The summed E-state index contributed by atoms with van der Waals surface area (Å²) in [6.45, 7) is 5.24. The van der Waals surface area contributed by atoms with Gasteiger partial charge in [0.1, 0.15) is 5.75 Å². The number of ketones is 1. The second-order valence-electron chi connectivity index (χ2n) is 7.28. The molecule has 6 nitrogen and oxygen atoms in total. The maximum Gasteiger partial charge on any atom is 0.206 e. The molecular formula is C24H27NO5S. The number of methoxy groups -OCH3 is 1. The first-order valence-electron chi connectivity index (χ1n) is 10.1. The van der Waals surface area contributed by atoms with Gasteiger partial charge in [0.15, 0.2) is 6.61 Å². The highest BCUT2D eigenvalue weighted by Gasteiger charge is 2.18. The molecule has 0 bridgehead atoms. The van der Waals surface area contributed by atoms with Crippen molar-refractivity contribution in [3.05, 3.63) is 77.6 Å². The largest absolute Gasteiger partial charge is 0.485 e. The molecule has 31 heavy (non-hydrogen) atoms. The second kappa shape index (κ2) is 9.94. The van der Waals surface area contributed by atoms with E-state index in [0.717, 1.165) is 24.4 Å². The first-order chi connectivity index (χ1) is 14.8. The van der Waals surface area contributed by atoms with Crippen LogP contribution in [-0.2, 0) is 21.1 Å². The lowest BCUT2D eigenvalue weighted by Gasteiger charge is -2.10. The van der Waals surface area contributed by atoms with Gasteiger partial charge in [0.2, 0.25) is 15.6 Å². The van der Waals surface area contributed by atoms with Crippen molar-refractivity contribution in [2.24, 2.45) is 0 Å². The summed E-state index contributed by atoms with van der Waals surface area (Å²) in [6, 6.07) is 16.2. The predicted octanol–water partition coefficient (Wildman–Crippen LogP) is 4.24. The van der Waals surface area contributed by atoms with E-state index in [2.05, 4.69) is 4.57 Å². The number of ether oxygens (including phenoxy) is 2. The number of carbonyl (C=O) groups excluding carboxylic acids is 1. The molecule has 0 aliphatic rings. The van der Waals surface area contributed by atoms with E-state index in [1.54, 1.807) is 49.6 Å². The van der Waals surface area contributed by atoms with Gasteiger partial charge >= 0.3 is 0 Å². The van der Waals surface area contributed by atoms with E-state index in [1.807, 2.05) is 19.9 Å². The fraction of sp³-hybridized carbons (Fsp3) is 0.292. The quantitative estimate of drug-likeness (QED) is 0.348. The van der Waals surface area contributed by atoms with Crippen LogP contribution in [0.3, 0.4) is 0 Å². The highest BCUT2D eigenvalue weighted by molar-refractivity contribution is 7.91. The number of Topliss-reactive ketones (excluding diaryl/α,β-unsaturated/α-hetero) is 1. The van der Waals surface area contributed by atoms with Crippen LogP contribution in [0.2, 0.25) is 0 Å². The van der Waals surface area contributed by atoms with Crippen molar-refractivity contribution in [2.45, 2.75) is 36.6 Å². The van der Waals surface area contributed by atoms with Crippen LogP contribution in [-0.4, -0.2) is 39.1 Å². The summed E-state index contributed by atoms with van der Waals surface area (Å²) in [6.07, 6.45) is 0.870. The summed E-state index contributed by atoms with van der Waals surface area (Å²) in [5.41, 5.74) is 2.57. The molecule has 164 valence electrons. The average molecular weight is 442 g/mol. The maximum atomic E-state index is 12.7. The van der Waals surface area contributed by atoms with E-state index in [1.165, 1.54) is 12.1 Å². The van der Waals surface area contributed by atoms with Crippen LogP contribution in [0, 0.1) is 13.8 Å². The first kappa shape index (κ1) is 22.8. The molecule has 3 aromatic rings. The van der Waals surface area contributed by atoms with E-state index >= 15 is 0 Å². The molecule has 0 atom stereocenters. The van der Waals surface area contributed by atoms with Crippen molar-refractivity contribution in [3.63, 3.8) is 0 Å². The Morgan fingerprint density at radius 2 is 1.61 bits per heavy atom. The molecule has 0 aliphatic heterocycles. The van der Waals surface area contributed by atoms with Crippen molar-refractivity contribution in [3.8, 4) is 5.75 Å². The Bertz CT molecular complexity index is 1130. The van der Waals surface area contributed by atoms with Gasteiger partial charge in [-0.1, -0.05) is 18.2 Å². The smallest absolute Gasteiger partial charge is 0.206 e. The standard InChI is InChI=1S/C24H27NO5S/c1-18-16-23(19(2)25(18)14-7-15-29-3)24(26)17-30-20-10-12-22(13-11-20)31(27,28)21-8-5-4-6-9-21/h4-6,8-13,16H,7,14-15,17H2,1-3H3. The number of aryl methyl sites for hydroxylation is 1. The SMILES string of the molecule is COCCCn1c(C)cc(C(=O)COc2ccc(S(=O)(=O)c3ccccc3)cc2)c1C. The van der Waals surface area contributed by atoms with Crippen LogP contribution in [0.15, 0.2) is 70.5 Å². The summed E-state index contributed by atoms with van der Waals surface area (Å²) in [5, 5.41) is 0. The zero-order valence-electron chi connectivity index (χ0n) is 18.0. The minimum Gasteiger partial charge on any atom is -0.485 e. The number of sulfone groups is 1. The molecule has 7 heteroatoms. The lowest BCUT2D eigenvalue weighted by Crippen LogP contribution is -2.13. The van der Waals surface area contributed by atoms with Crippen molar-refractivity contribution >= 4 is 15.6 Å². The minimum atomic E-state index is -3.58. The Labute approximate surface area is 183 Å². The van der Waals surface area contributed by atoms with Crippen LogP contribution >= 0.6 is 0 Å². The molecule has 1 heterocycles. The molecule has 0 aliphatic carbocycles. The number of rotatable bonds is 10. The summed E-state index contributed by atoms with van der Waals surface area (Å²) in [4.78, 5) is 13.1. The van der Waals surface area contributed by atoms with Gasteiger partial charge in [-0.25, -0.2) is 8.42 Å². The van der Waals surface area contributed by atoms with Gasteiger partial charge in [-0.15, -0.1) is 0 Å². The van der Waals surface area contributed by atoms with Crippen LogP contribution in [0.25, 0.3) is 0 Å². The lowest BCUT2D eigenvalue weighted by molar-refractivity contribution is 0.0920. The van der Waals surface area contributed by atoms with Crippen molar-refractivity contribution in [2.75, 3.05) is 20.3 Å². The number of carbonyl (C=O) groups is 1. The van der Waals surface area contributed by atoms with E-state index in [-0.39, 0.29) is 22.2 Å². The van der Waals surface area contributed by atoms with Crippen LogP contribution < -0.4 is 4.74 Å². The Morgan fingerprint density at radius 3 is 2.26 bits per heavy atom. The average Bonchev–Trinajstić information content (AvgIpc) is 3.07. The third-order valence-electron chi connectivity index (χ3n) is 5.16. The molecule has 3 rings (SSSR count). The summed E-state index contributed by atoms with van der Waals surface area (Å²) < 4.78 is 38.1. The predicted molar refractivity (Wildman–Crippen MR) is 119 cm³/mol. The molecule has 0 amide bonds. The third-order valence-corrected chi connectivity index (χ3v) is 6.95. The Hall–Kier alpha value is -2.90. The molecule has 0 unspecified atom stereocenters. The van der Waals surface area contributed by atoms with Gasteiger partial charge in [0.25, 0.3) is 0 Å². The van der Waals surface area contributed by atoms with Crippen LogP contribution in [0.1, 0.15) is 28.2 Å². The maximum absolute atomic E-state index is 12.7. The van der Waals surface area contributed by atoms with Gasteiger partial charge in [0.05, 0.1) is 9.79 Å². The van der Waals surface area contributed by atoms with Crippen LogP contribution in [0.5, 0.6) is 5.75 Å². The van der Waals surface area contributed by atoms with E-state index in [0.29, 0.717) is 17.9 Å². The fourth-order valence-electron chi connectivity index (χ4n) is 3.47. The molecule has 2 aromatic carbocycles. The number of aromatic nitrogens is 1. The zero-order valence-corrected chi connectivity index (χ0v) is 18.8. The molecule has 0 fully saturated rings. The molecular weight excluding hydrogens is 414 g/mol. The highest BCUT2D eigenvalue weighted by atomic mass is 32.2. The summed E-state index contributed by atoms with van der Waals surface area (Å²) in [5.74, 6) is 0.321. The number of hydrogen-bond acceptors (Lipinski definition) is 5. The second-order valence-corrected chi connectivity index (χ2v) is 9.23. The Morgan fingerprint density at radius 1 is 0.968 bits per heavy atom. The third kappa shape index (κ3) is 5.24. The topological polar surface area (TPSA) is 74.6 Å². The lowest BCUT2D eigenvalue weighted by atomic mass is 10.1. The molecule has 0 saturated heterocycles. The molecule has 0 N–H and O–H groups in total. The summed E-state index contributed by atoms with van der Waals surface area (Å²) >= 11 is 0. The zero-order chi connectivity index (χ0) is 22.4. The van der Waals surface area contributed by atoms with Crippen molar-refractivity contribution in [1.29, 1.82) is 0 Å². The molecule has 0 spiro atoms. The van der Waals surface area contributed by atoms with Gasteiger partial charge in [0, 0.05) is 37.2 Å². The molecule has 0 saturated carbocycles. The van der Waals surface area contributed by atoms with Crippen LogP contribution in [0.4, 0.5) is 0 Å². The van der Waals surface area contributed by atoms with Crippen molar-refractivity contribution < 1.29 is 22.7 Å². The number of nitrogens with zero attached hydrogens (tertiary/aromatic N) is 1. The van der Waals surface area contributed by atoms with E-state index < -0.39 is 9.84 Å². The monoisotopic (exact) mass is 441 g/mol. The first-order valence-corrected chi connectivity index (χ1v) is 11.5. The normalized spacial score (nSPS) is 11.5. The molecule has 1 aromatic heterocycles. The van der Waals surface area contributed by atoms with Gasteiger partial charge < -0.3 is 14.0 Å². The number of hydrogen-bond donors (Lipinski definition) is 0. The van der Waals surface area contributed by atoms with E-state index in [4.69, 9.17) is 9.47 Å². The number of benzene rings is 2. The fourth-order valence-corrected chi connectivity index (χ4v) is 4.75. The van der Waals surface area contributed by atoms with Gasteiger partial charge in [-0.05, 0) is 62.7 Å². The molecule has 0 radical (unpaired) electrons. The van der Waals surface area contributed by atoms with Gasteiger partial charge in [-0.2, -0.15) is 0 Å². The minimum absolute atomic E-state index is 0.118. The van der Waals surface area contributed by atoms with Gasteiger partial charge in [-0.3, -0.25) is 4.79 Å². The highest BCUT2D eigenvalue weighted by Crippen LogP contribution is 2.23. The van der Waals surface area contributed by atoms with E-state index in [9.17, 15) is 13.2 Å². The Balaban J connectivity index is 1.66.